The Hall–Kier alpha value is -7.40. The van der Waals surface area contributed by atoms with Crippen molar-refractivity contribution in [2.24, 2.45) is 0 Å². The first kappa shape index (κ1) is 60.9. The summed E-state index contributed by atoms with van der Waals surface area (Å²) >= 11 is 0. The van der Waals surface area contributed by atoms with Crippen LogP contribution in [-0.2, 0) is 12.8 Å². The Labute approximate surface area is 431 Å². The summed E-state index contributed by atoms with van der Waals surface area (Å²) in [7, 11) is 0. The quantitative estimate of drug-likeness (QED) is 0.0164. The van der Waals surface area contributed by atoms with Gasteiger partial charge in [-0.15, -0.1) is 0 Å². The zero-order valence-corrected chi connectivity index (χ0v) is 43.7. The lowest BCUT2D eigenvalue weighted by atomic mass is 10.0. The molecule has 0 aliphatic heterocycles. The molecular weight excluding hydrogens is 953 g/mol. The molecule has 0 spiro atoms. The van der Waals surface area contributed by atoms with Gasteiger partial charge in [-0.1, -0.05) is 142 Å². The summed E-state index contributed by atoms with van der Waals surface area (Å²) < 4.78 is 0. The number of rotatable bonds is 32. The normalized spacial score (nSPS) is 10.6. The van der Waals surface area contributed by atoms with Crippen LogP contribution in [0.15, 0.2) is 43.4 Å². The van der Waals surface area contributed by atoms with E-state index in [1.807, 2.05) is 0 Å². The Morgan fingerprint density at radius 1 is 0.365 bits per heavy atom. The first-order valence-corrected chi connectivity index (χ1v) is 26.3. The van der Waals surface area contributed by atoms with Gasteiger partial charge in [0.1, 0.15) is 0 Å². The van der Waals surface area contributed by atoms with Crippen LogP contribution in [0.25, 0.3) is 0 Å². The van der Waals surface area contributed by atoms with Gasteiger partial charge >= 0.3 is 24.1 Å². The summed E-state index contributed by atoms with van der Waals surface area (Å²) in [6.45, 7) is 7.26. The third kappa shape index (κ3) is 29.2. The number of hydrogen-bond donors (Lipinski definition) is 12. The van der Waals surface area contributed by atoms with Crippen molar-refractivity contribution in [3.05, 3.63) is 88.5 Å². The number of amides is 8. The third-order valence-electron chi connectivity index (χ3n) is 11.3. The van der Waals surface area contributed by atoms with Gasteiger partial charge in [0, 0.05) is 47.0 Å². The second-order valence-electron chi connectivity index (χ2n) is 18.1. The number of aromatic nitrogens is 8. The van der Waals surface area contributed by atoms with Gasteiger partial charge in [0.05, 0.1) is 13.3 Å². The minimum Gasteiger partial charge on any atom is -0.320 e. The highest BCUT2D eigenvalue weighted by Gasteiger charge is 2.11. The molecule has 0 radical (unpaired) electrons. The molecule has 0 bridgehead atoms. The molecule has 0 aromatic carbocycles. The largest absolute Gasteiger partial charge is 0.322 e. The molecule has 4 rings (SSSR count). The van der Waals surface area contributed by atoms with Gasteiger partial charge in [-0.3, -0.25) is 60.4 Å². The van der Waals surface area contributed by atoms with E-state index >= 15 is 0 Å². The first-order valence-electron chi connectivity index (χ1n) is 26.3. The smallest absolute Gasteiger partial charge is 0.320 e. The highest BCUT2D eigenvalue weighted by atomic mass is 16.2. The van der Waals surface area contributed by atoms with Crippen molar-refractivity contribution in [3.63, 3.8) is 0 Å². The number of aromatic amines is 4. The molecule has 4 aromatic heterocycles. The second kappa shape index (κ2) is 36.5. The summed E-state index contributed by atoms with van der Waals surface area (Å²) in [5.41, 5.74) is 0.646. The van der Waals surface area contributed by atoms with Gasteiger partial charge in [-0.05, 0) is 39.5 Å². The van der Waals surface area contributed by atoms with E-state index in [2.05, 4.69) is 96.3 Å². The molecule has 0 atom stereocenters. The van der Waals surface area contributed by atoms with Crippen molar-refractivity contribution < 1.29 is 19.2 Å². The van der Waals surface area contributed by atoms with E-state index in [-0.39, 0.29) is 48.2 Å². The monoisotopic (exact) mass is 1030 g/mol. The van der Waals surface area contributed by atoms with Gasteiger partial charge < -0.3 is 21.3 Å². The minimum atomic E-state index is -0.684. The zero-order chi connectivity index (χ0) is 53.8. The maximum Gasteiger partial charge on any atom is 0.322 e. The molecule has 0 aliphatic carbocycles. The number of carbonyl (C=O) groups excluding carboxylic acids is 4. The summed E-state index contributed by atoms with van der Waals surface area (Å²) in [5.74, 6) is 0.0508. The van der Waals surface area contributed by atoms with Crippen molar-refractivity contribution in [2.75, 3.05) is 34.6 Å². The van der Waals surface area contributed by atoms with Crippen LogP contribution in [0.1, 0.15) is 178 Å². The molecule has 4 aromatic rings. The van der Waals surface area contributed by atoms with Gasteiger partial charge in [-0.2, -0.15) is 0 Å². The molecule has 74 heavy (non-hydrogen) atoms. The fraction of sp³-hybridized carbons (Fsp3) is 0.600. The number of anilines is 4. The van der Waals surface area contributed by atoms with Gasteiger partial charge in [0.25, 0.3) is 22.2 Å². The molecule has 0 saturated heterocycles. The van der Waals surface area contributed by atoms with Gasteiger partial charge in [-0.25, -0.2) is 39.1 Å². The lowest BCUT2D eigenvalue weighted by Gasteiger charge is -2.10. The average molecular weight is 1030 g/mol. The van der Waals surface area contributed by atoms with Crippen LogP contribution in [0.2, 0.25) is 0 Å². The summed E-state index contributed by atoms with van der Waals surface area (Å²) in [5, 5.41) is 19.3. The number of carbonyl (C=O) groups is 4. The highest BCUT2D eigenvalue weighted by molar-refractivity contribution is 5.90. The molecule has 0 unspecified atom stereocenters. The SMILES string of the molecule is CCCCCCCCCCCCCc1cc(=O)[nH]c(NC(=O)NCNC(=O)Nc2nc(CCCCCCCCCCCCC)cc(=O)[nH]2)n1.Cc1cc(=O)[nH]c(NC(=O)NCNC(=O)Nc2nc(C)cc(=O)[nH]2)n1. The average Bonchev–Trinajstić information content (AvgIpc) is 3.31. The van der Waals surface area contributed by atoms with Crippen molar-refractivity contribution in [2.45, 2.75) is 182 Å². The van der Waals surface area contributed by atoms with E-state index < -0.39 is 35.2 Å². The number of urea groups is 4. The van der Waals surface area contributed by atoms with Crippen LogP contribution in [0.5, 0.6) is 0 Å². The Morgan fingerprint density at radius 3 is 0.878 bits per heavy atom. The van der Waals surface area contributed by atoms with Crippen molar-refractivity contribution >= 4 is 47.9 Å². The number of unbranched alkanes of at least 4 members (excludes halogenated alkanes) is 20. The molecule has 0 saturated carbocycles. The number of nitrogens with one attached hydrogen (secondary N) is 12. The van der Waals surface area contributed by atoms with E-state index in [1.165, 1.54) is 140 Å². The fourth-order valence-electron chi connectivity index (χ4n) is 7.62. The Kier molecular flexibility index (Phi) is 30.0. The summed E-state index contributed by atoms with van der Waals surface area (Å²) in [6, 6.07) is 2.81. The molecule has 24 nitrogen and oxygen atoms in total. The molecule has 24 heteroatoms. The molecule has 408 valence electrons. The third-order valence-corrected chi connectivity index (χ3v) is 11.3. The van der Waals surface area contributed by atoms with Crippen LogP contribution in [0.3, 0.4) is 0 Å². The maximum absolute atomic E-state index is 12.4. The summed E-state index contributed by atoms with van der Waals surface area (Å²) in [4.78, 5) is 121. The topological polar surface area (TPSA) is 348 Å². The lowest BCUT2D eigenvalue weighted by Crippen LogP contribution is -2.41. The molecule has 12 N–H and O–H groups in total. The predicted octanol–water partition coefficient (Wildman–Crippen LogP) is 7.83. The van der Waals surface area contributed by atoms with E-state index in [0.29, 0.717) is 35.6 Å². The molecular formula is C50H80N16O8. The molecule has 0 fully saturated rings. The highest BCUT2D eigenvalue weighted by Crippen LogP contribution is 2.14. The van der Waals surface area contributed by atoms with Crippen LogP contribution in [0, 0.1) is 13.8 Å². The van der Waals surface area contributed by atoms with Crippen molar-refractivity contribution in [1.82, 2.24) is 61.1 Å². The molecule has 4 heterocycles. The Balaban J connectivity index is 0.000000481. The van der Waals surface area contributed by atoms with E-state index in [9.17, 15) is 38.4 Å². The number of H-pyrrole nitrogens is 4. The number of nitrogens with zero attached hydrogens (tertiary/aromatic N) is 4. The number of aryl methyl sites for hydroxylation is 4. The summed E-state index contributed by atoms with van der Waals surface area (Å²) in [6.07, 6.45) is 28.6. The maximum atomic E-state index is 12.4. The van der Waals surface area contributed by atoms with Crippen LogP contribution >= 0.6 is 0 Å². The van der Waals surface area contributed by atoms with E-state index in [0.717, 1.165) is 25.7 Å². The van der Waals surface area contributed by atoms with E-state index in [4.69, 9.17) is 0 Å². The second-order valence-corrected chi connectivity index (χ2v) is 18.1. The fourth-order valence-corrected chi connectivity index (χ4v) is 7.62. The minimum absolute atomic E-state index is 0.0199. The molecule has 8 amide bonds. The van der Waals surface area contributed by atoms with E-state index in [1.54, 1.807) is 13.8 Å². The van der Waals surface area contributed by atoms with Gasteiger partial charge in [0.15, 0.2) is 0 Å². The van der Waals surface area contributed by atoms with Crippen LogP contribution < -0.4 is 64.8 Å². The van der Waals surface area contributed by atoms with Crippen LogP contribution in [-0.4, -0.2) is 77.3 Å². The van der Waals surface area contributed by atoms with Crippen molar-refractivity contribution in [1.29, 1.82) is 0 Å². The van der Waals surface area contributed by atoms with Crippen LogP contribution in [0.4, 0.5) is 43.0 Å². The predicted molar refractivity (Wildman–Crippen MR) is 288 cm³/mol. The van der Waals surface area contributed by atoms with Crippen molar-refractivity contribution in [3.8, 4) is 0 Å². The Bertz CT molecular complexity index is 2370. The zero-order valence-electron chi connectivity index (χ0n) is 43.7. The standard InChI is InChI=1S/C37H64N8O4.C13H16N8O4/c1-3-5-7-9-11-13-15-17-19-21-23-25-30-27-32(46)42-34(40-30)44-36(48)38-29-39-37(49)45-35-41-31(28-33(47)43-35)26-24-22-20-18-16-14-12-10-8-6-4-2;1-6-3-8(22)18-10(16-6)20-12(24)14-5-15-13(25)21-11-17-7(2)4-9(23)19-11/h27-28H,3-26,29H2,1-2H3,(H3,38,40,42,44,46,48)(H3,39,41,43,45,47,49);3-4H,5H2,1-2H3,(H3,14,16,18,20,22,24)(H3,15,17,19,21,23,25). The van der Waals surface area contributed by atoms with Gasteiger partial charge in [0.2, 0.25) is 23.8 Å². The molecule has 0 aliphatic rings. The Morgan fingerprint density at radius 2 is 0.608 bits per heavy atom. The first-order chi connectivity index (χ1) is 35.7. The number of hydrogen-bond acceptors (Lipinski definition) is 12. The lowest BCUT2D eigenvalue weighted by molar-refractivity contribution is 0.244.